The van der Waals surface area contributed by atoms with Gasteiger partial charge in [-0.05, 0) is 29.8 Å². The molecule has 140 valence electrons. The minimum Gasteiger partial charge on any atom is -0.507 e. The highest BCUT2D eigenvalue weighted by atomic mass is 79.9. The Morgan fingerprint density at radius 2 is 1.74 bits per heavy atom. The topological polar surface area (TPSA) is 87.1 Å². The van der Waals surface area contributed by atoms with E-state index in [1.165, 1.54) is 4.90 Å². The summed E-state index contributed by atoms with van der Waals surface area (Å²) in [5.74, 6) is -1.14. The molecule has 2 aromatic rings. The normalized spacial score (nSPS) is 18.8. The van der Waals surface area contributed by atoms with Crippen LogP contribution in [-0.2, 0) is 9.59 Å². The molecule has 3 rings (SSSR count). The average Bonchev–Trinajstić information content (AvgIpc) is 2.93. The fraction of sp³-hybridized carbons (Fsp3) is 0.200. The van der Waals surface area contributed by atoms with E-state index in [9.17, 15) is 19.8 Å². The lowest BCUT2D eigenvalue weighted by molar-refractivity contribution is -0.140. The molecule has 0 spiro atoms. The fourth-order valence-electron chi connectivity index (χ4n) is 3.11. The van der Waals surface area contributed by atoms with Gasteiger partial charge < -0.3 is 19.8 Å². The number of aliphatic hydroxyl groups is 2. The fourth-order valence-corrected chi connectivity index (χ4v) is 3.38. The number of carbonyl (C=O) groups excluding carboxylic acids is 2. The second-order valence-electron chi connectivity index (χ2n) is 6.00. The number of hydrogen-bond donors (Lipinski definition) is 2. The lowest BCUT2D eigenvalue weighted by Gasteiger charge is -2.24. The smallest absolute Gasteiger partial charge is 0.295 e. The maximum atomic E-state index is 12.7. The van der Waals surface area contributed by atoms with Gasteiger partial charge in [-0.1, -0.05) is 40.2 Å². The first-order chi connectivity index (χ1) is 13.0. The monoisotopic (exact) mass is 431 g/mol. The van der Waals surface area contributed by atoms with E-state index in [1.54, 1.807) is 55.6 Å². The number of methoxy groups -OCH3 is 1. The molecular weight excluding hydrogens is 414 g/mol. The number of ether oxygens (including phenoxy) is 1. The molecule has 6 nitrogen and oxygen atoms in total. The first kappa shape index (κ1) is 19.1. The van der Waals surface area contributed by atoms with Gasteiger partial charge in [-0.2, -0.15) is 0 Å². The van der Waals surface area contributed by atoms with Crippen LogP contribution in [0.2, 0.25) is 0 Å². The Hall–Kier alpha value is -2.64. The van der Waals surface area contributed by atoms with E-state index in [-0.39, 0.29) is 24.5 Å². The van der Waals surface area contributed by atoms with Gasteiger partial charge in [0.05, 0.1) is 25.3 Å². The Morgan fingerprint density at radius 1 is 1.11 bits per heavy atom. The third kappa shape index (κ3) is 3.61. The van der Waals surface area contributed by atoms with Crippen LogP contribution in [0, 0.1) is 0 Å². The maximum Gasteiger partial charge on any atom is 0.295 e. The van der Waals surface area contributed by atoms with Gasteiger partial charge in [0.25, 0.3) is 11.7 Å². The van der Waals surface area contributed by atoms with E-state index in [1.807, 2.05) is 0 Å². The average molecular weight is 432 g/mol. The molecule has 1 fully saturated rings. The largest absolute Gasteiger partial charge is 0.507 e. The molecule has 2 aromatic carbocycles. The number of benzene rings is 2. The van der Waals surface area contributed by atoms with Crippen molar-refractivity contribution in [3.05, 3.63) is 69.7 Å². The molecule has 1 atom stereocenters. The molecule has 0 aliphatic carbocycles. The van der Waals surface area contributed by atoms with Crippen LogP contribution in [0.1, 0.15) is 17.2 Å². The summed E-state index contributed by atoms with van der Waals surface area (Å²) in [5.41, 5.74) is 1.07. The predicted molar refractivity (Wildman–Crippen MR) is 103 cm³/mol. The number of Topliss-reactive ketones (excluding diaryl/α,β-unsaturated/α-hetero) is 1. The zero-order chi connectivity index (χ0) is 19.6. The first-order valence-electron chi connectivity index (χ1n) is 8.27. The summed E-state index contributed by atoms with van der Waals surface area (Å²) in [6, 6.07) is 12.9. The van der Waals surface area contributed by atoms with Crippen LogP contribution < -0.4 is 4.74 Å². The standard InChI is InChI=1S/C20H18BrNO5/c1-27-15-8-4-12(5-9-15)17-16(19(25)20(26)22(17)10-11-23)18(24)13-2-6-14(21)7-3-13/h2-9,17,23-24H,10-11H2,1H3/b18-16-. The van der Waals surface area contributed by atoms with E-state index >= 15 is 0 Å². The zero-order valence-electron chi connectivity index (χ0n) is 14.6. The second kappa shape index (κ2) is 7.94. The highest BCUT2D eigenvalue weighted by Crippen LogP contribution is 2.39. The van der Waals surface area contributed by atoms with Crippen molar-refractivity contribution in [1.82, 2.24) is 4.90 Å². The Kier molecular flexibility index (Phi) is 5.62. The zero-order valence-corrected chi connectivity index (χ0v) is 16.1. The third-order valence-corrected chi connectivity index (χ3v) is 4.96. The number of amides is 1. The summed E-state index contributed by atoms with van der Waals surface area (Å²) in [7, 11) is 1.54. The predicted octanol–water partition coefficient (Wildman–Crippen LogP) is 2.87. The number of β-amino-alcohol motifs (C(OH)–C–C–N with tert-alkyl or cyclic N) is 1. The van der Waals surface area contributed by atoms with Crippen LogP contribution in [0.4, 0.5) is 0 Å². The Bertz CT molecular complexity index is 890. The van der Waals surface area contributed by atoms with Crippen molar-refractivity contribution in [3.63, 3.8) is 0 Å². The molecule has 0 bridgehead atoms. The van der Waals surface area contributed by atoms with Crippen molar-refractivity contribution in [3.8, 4) is 5.75 Å². The molecular formula is C20H18BrNO5. The highest BCUT2D eigenvalue weighted by molar-refractivity contribution is 9.10. The van der Waals surface area contributed by atoms with Crippen molar-refractivity contribution in [2.45, 2.75) is 6.04 Å². The van der Waals surface area contributed by atoms with Gasteiger partial charge >= 0.3 is 0 Å². The van der Waals surface area contributed by atoms with Crippen LogP contribution in [0.15, 0.2) is 58.6 Å². The maximum absolute atomic E-state index is 12.7. The van der Waals surface area contributed by atoms with Gasteiger partial charge in [0.2, 0.25) is 0 Å². The first-order valence-corrected chi connectivity index (χ1v) is 9.06. The van der Waals surface area contributed by atoms with Crippen molar-refractivity contribution in [1.29, 1.82) is 0 Å². The molecule has 7 heteroatoms. The molecule has 0 aromatic heterocycles. The SMILES string of the molecule is COc1ccc(C2/C(=C(/O)c3ccc(Br)cc3)C(=O)C(=O)N2CCO)cc1. The Balaban J connectivity index is 2.15. The molecule has 1 aliphatic heterocycles. The summed E-state index contributed by atoms with van der Waals surface area (Å²) < 4.78 is 5.98. The van der Waals surface area contributed by atoms with Gasteiger partial charge in [0.15, 0.2) is 0 Å². The van der Waals surface area contributed by atoms with Crippen LogP contribution in [-0.4, -0.2) is 47.1 Å². The van der Waals surface area contributed by atoms with Crippen LogP contribution in [0.5, 0.6) is 5.75 Å². The lowest BCUT2D eigenvalue weighted by Crippen LogP contribution is -2.32. The number of likely N-dealkylation sites (tertiary alicyclic amines) is 1. The summed E-state index contributed by atoms with van der Waals surface area (Å²) in [5, 5.41) is 20.1. The van der Waals surface area contributed by atoms with Gasteiger partial charge in [-0.15, -0.1) is 0 Å². The molecule has 1 aliphatic rings. The number of aliphatic hydroxyl groups excluding tert-OH is 2. The number of carbonyl (C=O) groups is 2. The van der Waals surface area contributed by atoms with Crippen LogP contribution in [0.25, 0.3) is 5.76 Å². The number of halogens is 1. The third-order valence-electron chi connectivity index (χ3n) is 4.43. The molecule has 1 amide bonds. The highest BCUT2D eigenvalue weighted by Gasteiger charge is 2.45. The molecule has 0 saturated carbocycles. The van der Waals surface area contributed by atoms with E-state index in [4.69, 9.17) is 4.74 Å². The van der Waals surface area contributed by atoms with Crippen LogP contribution in [0.3, 0.4) is 0 Å². The Labute approximate surface area is 164 Å². The summed E-state index contributed by atoms with van der Waals surface area (Å²) >= 11 is 3.33. The number of hydrogen-bond acceptors (Lipinski definition) is 5. The molecule has 1 heterocycles. The van der Waals surface area contributed by atoms with Gasteiger partial charge in [0.1, 0.15) is 11.5 Å². The molecule has 27 heavy (non-hydrogen) atoms. The number of ketones is 1. The van der Waals surface area contributed by atoms with Gasteiger partial charge in [-0.3, -0.25) is 9.59 Å². The van der Waals surface area contributed by atoms with E-state index in [0.29, 0.717) is 16.9 Å². The minimum atomic E-state index is -0.785. The van der Waals surface area contributed by atoms with Crippen LogP contribution >= 0.6 is 15.9 Å². The summed E-state index contributed by atoms with van der Waals surface area (Å²) in [6.45, 7) is -0.309. The van der Waals surface area contributed by atoms with Gasteiger partial charge in [0, 0.05) is 16.6 Å². The summed E-state index contributed by atoms with van der Waals surface area (Å²) in [4.78, 5) is 26.4. The second-order valence-corrected chi connectivity index (χ2v) is 6.91. The minimum absolute atomic E-state index is 0.000870. The Morgan fingerprint density at radius 3 is 2.30 bits per heavy atom. The van der Waals surface area contributed by atoms with E-state index in [2.05, 4.69) is 15.9 Å². The van der Waals surface area contributed by atoms with E-state index < -0.39 is 17.7 Å². The molecule has 1 saturated heterocycles. The van der Waals surface area contributed by atoms with Crippen molar-refractivity contribution >= 4 is 33.4 Å². The quantitative estimate of drug-likeness (QED) is 0.431. The van der Waals surface area contributed by atoms with Gasteiger partial charge in [-0.25, -0.2) is 0 Å². The van der Waals surface area contributed by atoms with Crippen molar-refractivity contribution < 1.29 is 24.5 Å². The summed E-state index contributed by atoms with van der Waals surface area (Å²) in [6.07, 6.45) is 0. The van der Waals surface area contributed by atoms with E-state index in [0.717, 1.165) is 4.47 Å². The lowest BCUT2D eigenvalue weighted by atomic mass is 9.95. The van der Waals surface area contributed by atoms with Crippen molar-refractivity contribution in [2.75, 3.05) is 20.3 Å². The number of rotatable bonds is 5. The molecule has 0 radical (unpaired) electrons. The molecule has 1 unspecified atom stereocenters. The number of nitrogens with zero attached hydrogens (tertiary/aromatic N) is 1. The molecule has 2 N–H and O–H groups in total. The van der Waals surface area contributed by atoms with Crippen molar-refractivity contribution in [2.24, 2.45) is 0 Å².